The molecule has 0 bridgehead atoms. The van der Waals surface area contributed by atoms with Crippen molar-refractivity contribution in [3.63, 3.8) is 0 Å². The first-order valence-electron chi connectivity index (χ1n) is 8.59. The zero-order valence-corrected chi connectivity index (χ0v) is 15.0. The fourth-order valence-corrected chi connectivity index (χ4v) is 4.31. The molecular weight excluding hydrogens is 349 g/mol. The summed E-state index contributed by atoms with van der Waals surface area (Å²) in [6, 6.07) is 10.3. The molecule has 4 nitrogen and oxygen atoms in total. The summed E-state index contributed by atoms with van der Waals surface area (Å²) < 4.78 is 14.8. The van der Waals surface area contributed by atoms with Crippen LogP contribution in [0.3, 0.4) is 0 Å². The minimum absolute atomic E-state index is 0.212. The Kier molecular flexibility index (Phi) is 4.84. The number of hydrogen-bond donors (Lipinski definition) is 0. The molecular formula is C20H18FN3OS. The fraction of sp³-hybridized carbons (Fsp3) is 0.250. The van der Waals surface area contributed by atoms with Crippen LogP contribution in [0, 0.1) is 5.82 Å². The van der Waals surface area contributed by atoms with Gasteiger partial charge in [0.15, 0.2) is 0 Å². The van der Waals surface area contributed by atoms with Crippen molar-refractivity contribution in [3.05, 3.63) is 87.5 Å². The molecule has 6 heteroatoms. The van der Waals surface area contributed by atoms with Gasteiger partial charge in [0.2, 0.25) is 0 Å². The van der Waals surface area contributed by atoms with Gasteiger partial charge in [-0.1, -0.05) is 18.2 Å². The molecule has 1 aromatic carbocycles. The SMILES string of the molecule is O=c1nc(SCc2ccc(F)cc2)c2c(n1Cc1cccnc1)CCC2. The molecule has 1 aliphatic carbocycles. The van der Waals surface area contributed by atoms with Crippen LogP contribution in [0.25, 0.3) is 0 Å². The van der Waals surface area contributed by atoms with Crippen LogP contribution in [0.2, 0.25) is 0 Å². The second-order valence-corrected chi connectivity index (χ2v) is 7.30. The first-order valence-corrected chi connectivity index (χ1v) is 9.58. The van der Waals surface area contributed by atoms with E-state index in [0.29, 0.717) is 12.3 Å². The van der Waals surface area contributed by atoms with E-state index in [9.17, 15) is 9.18 Å². The molecule has 4 rings (SSSR count). The van der Waals surface area contributed by atoms with E-state index < -0.39 is 0 Å². The summed E-state index contributed by atoms with van der Waals surface area (Å²) in [5.41, 5.74) is 4.08. The van der Waals surface area contributed by atoms with Crippen molar-refractivity contribution in [2.24, 2.45) is 0 Å². The molecule has 2 aromatic heterocycles. The quantitative estimate of drug-likeness (QED) is 0.511. The molecule has 0 spiro atoms. The maximum atomic E-state index is 13.0. The molecule has 26 heavy (non-hydrogen) atoms. The number of fused-ring (bicyclic) bond motifs is 1. The van der Waals surface area contributed by atoms with Crippen molar-refractivity contribution in [2.45, 2.75) is 36.6 Å². The Morgan fingerprint density at radius 2 is 1.96 bits per heavy atom. The molecule has 0 saturated heterocycles. The zero-order chi connectivity index (χ0) is 17.9. The van der Waals surface area contributed by atoms with Gasteiger partial charge in [0, 0.05) is 29.4 Å². The highest BCUT2D eigenvalue weighted by molar-refractivity contribution is 7.98. The van der Waals surface area contributed by atoms with Gasteiger partial charge < -0.3 is 0 Å². The van der Waals surface area contributed by atoms with Crippen LogP contribution in [0.4, 0.5) is 4.39 Å². The van der Waals surface area contributed by atoms with Crippen LogP contribution in [0.15, 0.2) is 58.6 Å². The Bertz CT molecular complexity index is 971. The molecule has 0 amide bonds. The van der Waals surface area contributed by atoms with Gasteiger partial charge in [-0.3, -0.25) is 9.55 Å². The van der Waals surface area contributed by atoms with Crippen LogP contribution in [-0.2, 0) is 25.1 Å². The van der Waals surface area contributed by atoms with E-state index in [0.717, 1.165) is 41.1 Å². The molecule has 0 N–H and O–H groups in total. The number of pyridine rings is 1. The molecule has 132 valence electrons. The zero-order valence-electron chi connectivity index (χ0n) is 14.2. The standard InChI is InChI=1S/C20H18FN3OS/c21-16-8-6-14(7-9-16)13-26-19-17-4-1-5-18(17)24(20(25)23-19)12-15-3-2-10-22-11-15/h2-3,6-11H,1,4-5,12-13H2. The van der Waals surface area contributed by atoms with Gasteiger partial charge in [-0.15, -0.1) is 11.8 Å². The Hall–Kier alpha value is -2.47. The van der Waals surface area contributed by atoms with Gasteiger partial charge >= 0.3 is 5.69 Å². The minimum atomic E-state index is -0.240. The summed E-state index contributed by atoms with van der Waals surface area (Å²) in [6.45, 7) is 0.505. The average Bonchev–Trinajstić information content (AvgIpc) is 3.15. The molecule has 0 saturated carbocycles. The summed E-state index contributed by atoms with van der Waals surface area (Å²) in [5.74, 6) is 0.432. The van der Waals surface area contributed by atoms with E-state index in [1.165, 1.54) is 17.7 Å². The summed E-state index contributed by atoms with van der Waals surface area (Å²) in [7, 11) is 0. The third kappa shape index (κ3) is 3.55. The van der Waals surface area contributed by atoms with Crippen LogP contribution >= 0.6 is 11.8 Å². The summed E-state index contributed by atoms with van der Waals surface area (Å²) in [5, 5.41) is 0.814. The molecule has 0 radical (unpaired) electrons. The number of nitrogens with zero attached hydrogens (tertiary/aromatic N) is 3. The van der Waals surface area contributed by atoms with Crippen molar-refractivity contribution >= 4 is 11.8 Å². The van der Waals surface area contributed by atoms with Crippen molar-refractivity contribution in [1.29, 1.82) is 0 Å². The molecule has 0 fully saturated rings. The molecule has 3 aromatic rings. The monoisotopic (exact) mass is 367 g/mol. The van der Waals surface area contributed by atoms with Gasteiger partial charge in [-0.25, -0.2) is 9.18 Å². The predicted octanol–water partition coefficient (Wildman–Crippen LogP) is 3.61. The first-order chi connectivity index (χ1) is 12.7. The second-order valence-electron chi connectivity index (χ2n) is 6.34. The van der Waals surface area contributed by atoms with E-state index in [2.05, 4.69) is 9.97 Å². The van der Waals surface area contributed by atoms with E-state index >= 15 is 0 Å². The van der Waals surface area contributed by atoms with Gasteiger partial charge in [-0.2, -0.15) is 4.98 Å². The molecule has 0 atom stereocenters. The number of rotatable bonds is 5. The van der Waals surface area contributed by atoms with Gasteiger partial charge in [0.05, 0.1) is 6.54 Å². The Balaban J connectivity index is 1.61. The maximum Gasteiger partial charge on any atom is 0.349 e. The van der Waals surface area contributed by atoms with E-state index in [-0.39, 0.29) is 11.5 Å². The highest BCUT2D eigenvalue weighted by Gasteiger charge is 2.22. The molecule has 0 aliphatic heterocycles. The lowest BCUT2D eigenvalue weighted by Crippen LogP contribution is -2.27. The van der Waals surface area contributed by atoms with Crippen molar-refractivity contribution in [3.8, 4) is 0 Å². The fourth-order valence-electron chi connectivity index (χ4n) is 3.28. The van der Waals surface area contributed by atoms with E-state index in [1.54, 1.807) is 40.9 Å². The number of hydrogen-bond acceptors (Lipinski definition) is 4. The summed E-state index contributed by atoms with van der Waals surface area (Å²) in [4.78, 5) is 21.1. The largest absolute Gasteiger partial charge is 0.349 e. The number of thioether (sulfide) groups is 1. The smallest absolute Gasteiger partial charge is 0.291 e. The lowest BCUT2D eigenvalue weighted by molar-refractivity contribution is 0.627. The van der Waals surface area contributed by atoms with Crippen molar-refractivity contribution in [2.75, 3.05) is 0 Å². The Morgan fingerprint density at radius 3 is 2.73 bits per heavy atom. The molecule has 0 unspecified atom stereocenters. The lowest BCUT2D eigenvalue weighted by atomic mass is 10.2. The highest BCUT2D eigenvalue weighted by Crippen LogP contribution is 2.31. The van der Waals surface area contributed by atoms with Gasteiger partial charge in [0.1, 0.15) is 10.8 Å². The topological polar surface area (TPSA) is 47.8 Å². The van der Waals surface area contributed by atoms with E-state index in [4.69, 9.17) is 0 Å². The van der Waals surface area contributed by atoms with Crippen LogP contribution < -0.4 is 5.69 Å². The number of benzene rings is 1. The first kappa shape index (κ1) is 17.0. The van der Waals surface area contributed by atoms with Crippen LogP contribution in [0.5, 0.6) is 0 Å². The third-order valence-electron chi connectivity index (χ3n) is 4.55. The second kappa shape index (κ2) is 7.41. The van der Waals surface area contributed by atoms with Crippen LogP contribution in [0.1, 0.15) is 28.8 Å². The Labute approximate surface area is 155 Å². The number of aromatic nitrogens is 3. The van der Waals surface area contributed by atoms with Crippen molar-refractivity contribution in [1.82, 2.24) is 14.5 Å². The normalized spacial score (nSPS) is 13.0. The lowest BCUT2D eigenvalue weighted by Gasteiger charge is -2.14. The third-order valence-corrected chi connectivity index (χ3v) is 5.64. The average molecular weight is 367 g/mol. The van der Waals surface area contributed by atoms with Crippen LogP contribution in [-0.4, -0.2) is 14.5 Å². The summed E-state index contributed by atoms with van der Waals surface area (Å²) in [6.07, 6.45) is 6.39. The molecule has 2 heterocycles. The summed E-state index contributed by atoms with van der Waals surface area (Å²) >= 11 is 1.55. The predicted molar refractivity (Wildman–Crippen MR) is 99.8 cm³/mol. The Morgan fingerprint density at radius 1 is 1.12 bits per heavy atom. The van der Waals surface area contributed by atoms with Gasteiger partial charge in [0.25, 0.3) is 0 Å². The number of halogens is 1. The van der Waals surface area contributed by atoms with Crippen molar-refractivity contribution < 1.29 is 4.39 Å². The molecule has 1 aliphatic rings. The van der Waals surface area contributed by atoms with Gasteiger partial charge in [-0.05, 0) is 48.6 Å². The van der Waals surface area contributed by atoms with E-state index in [1.807, 2.05) is 12.1 Å². The highest BCUT2D eigenvalue weighted by atomic mass is 32.2. The minimum Gasteiger partial charge on any atom is -0.291 e. The maximum absolute atomic E-state index is 13.0.